The number of amides is 2. The molecule has 1 saturated heterocycles. The number of carbonyl (C=O) groups is 2. The van der Waals surface area contributed by atoms with Crippen molar-refractivity contribution >= 4 is 23.3 Å². The van der Waals surface area contributed by atoms with Crippen molar-refractivity contribution in [2.24, 2.45) is 11.8 Å². The van der Waals surface area contributed by atoms with E-state index < -0.39 is 30.2 Å². The molecule has 1 unspecified atom stereocenters. The first-order valence-electron chi connectivity index (χ1n) is 13.2. The summed E-state index contributed by atoms with van der Waals surface area (Å²) in [7, 11) is 5.35. The number of rotatable bonds is 6. The van der Waals surface area contributed by atoms with Crippen LogP contribution in [-0.4, -0.2) is 74.1 Å². The maximum atomic E-state index is 14.7. The highest BCUT2D eigenvalue weighted by atomic mass is 19.3. The van der Waals surface area contributed by atoms with Gasteiger partial charge in [-0.25, -0.2) is 13.8 Å². The van der Waals surface area contributed by atoms with Crippen molar-refractivity contribution in [3.63, 3.8) is 0 Å². The van der Waals surface area contributed by atoms with E-state index in [0.29, 0.717) is 24.5 Å². The van der Waals surface area contributed by atoms with Crippen molar-refractivity contribution < 1.29 is 23.1 Å². The Hall–Kier alpha value is -3.27. The second kappa shape index (κ2) is 10.5. The van der Waals surface area contributed by atoms with Crippen molar-refractivity contribution in [1.29, 1.82) is 0 Å². The fourth-order valence-corrected chi connectivity index (χ4v) is 6.24. The van der Waals surface area contributed by atoms with Gasteiger partial charge in [-0.05, 0) is 36.6 Å². The van der Waals surface area contributed by atoms with Crippen LogP contribution in [0.15, 0.2) is 42.6 Å². The number of anilines is 2. The van der Waals surface area contributed by atoms with Crippen LogP contribution in [0.1, 0.15) is 47.6 Å². The summed E-state index contributed by atoms with van der Waals surface area (Å²) < 4.78 is 34.8. The molecule has 38 heavy (non-hydrogen) atoms. The number of hydrogen-bond donors (Lipinski definition) is 2. The number of pyridine rings is 1. The van der Waals surface area contributed by atoms with Crippen LogP contribution in [0, 0.1) is 11.8 Å². The normalized spacial score (nSPS) is 27.6. The van der Waals surface area contributed by atoms with Gasteiger partial charge in [0.05, 0.1) is 30.2 Å². The number of methoxy groups -OCH3 is 1. The lowest BCUT2D eigenvalue weighted by Gasteiger charge is -2.42. The number of aromatic nitrogens is 1. The lowest BCUT2D eigenvalue weighted by molar-refractivity contribution is -0.146. The van der Waals surface area contributed by atoms with E-state index in [0.717, 1.165) is 17.7 Å². The summed E-state index contributed by atoms with van der Waals surface area (Å²) >= 11 is 0. The van der Waals surface area contributed by atoms with Gasteiger partial charge >= 0.3 is 0 Å². The average molecular weight is 528 g/mol. The van der Waals surface area contributed by atoms with Gasteiger partial charge in [0.2, 0.25) is 11.8 Å². The van der Waals surface area contributed by atoms with Crippen LogP contribution in [0.5, 0.6) is 0 Å². The number of nitrogens with one attached hydrogen (secondary N) is 2. The Bertz CT molecular complexity index is 1180. The molecule has 2 amide bonds. The summed E-state index contributed by atoms with van der Waals surface area (Å²) in [5, 5.41) is 6.43. The molecule has 2 N–H and O–H groups in total. The molecule has 0 radical (unpaired) electrons. The van der Waals surface area contributed by atoms with E-state index in [-0.39, 0.29) is 36.8 Å². The van der Waals surface area contributed by atoms with E-state index in [1.165, 1.54) is 6.20 Å². The molecule has 1 aromatic heterocycles. The predicted molar refractivity (Wildman–Crippen MR) is 140 cm³/mol. The smallest absolute Gasteiger partial charge is 0.253 e. The van der Waals surface area contributed by atoms with E-state index in [4.69, 9.17) is 4.74 Å². The Morgan fingerprint density at radius 3 is 2.71 bits per heavy atom. The minimum absolute atomic E-state index is 0.0126. The van der Waals surface area contributed by atoms with Gasteiger partial charge in [0.1, 0.15) is 5.82 Å². The summed E-state index contributed by atoms with van der Waals surface area (Å²) in [5.41, 5.74) is 2.25. The van der Waals surface area contributed by atoms with Gasteiger partial charge in [-0.2, -0.15) is 0 Å². The maximum absolute atomic E-state index is 14.7. The number of para-hydroxylation sites is 1. The highest BCUT2D eigenvalue weighted by molar-refractivity contribution is 5.95. The fraction of sp³-hybridized carbons (Fsp3) is 0.536. The summed E-state index contributed by atoms with van der Waals surface area (Å²) in [6, 6.07) is 10.3. The molecule has 0 spiro atoms. The number of hydrogen-bond acceptors (Lipinski definition) is 6. The molecular weight excluding hydrogens is 492 g/mol. The Balaban J connectivity index is 1.39. The number of ether oxygens (including phenoxy) is 1. The van der Waals surface area contributed by atoms with E-state index in [1.807, 2.05) is 43.3 Å². The van der Waals surface area contributed by atoms with Crippen LogP contribution >= 0.6 is 0 Å². The number of alkyl halides is 2. The molecule has 1 aromatic carbocycles. The van der Waals surface area contributed by atoms with E-state index in [1.54, 1.807) is 24.1 Å². The zero-order valence-electron chi connectivity index (χ0n) is 22.0. The Kier molecular flexibility index (Phi) is 7.26. The van der Waals surface area contributed by atoms with Gasteiger partial charge in [0.15, 0.2) is 0 Å². The van der Waals surface area contributed by atoms with Crippen LogP contribution in [-0.2, 0) is 9.53 Å². The van der Waals surface area contributed by atoms with Crippen LogP contribution in [0.25, 0.3) is 0 Å². The number of benzene rings is 1. The summed E-state index contributed by atoms with van der Waals surface area (Å²) in [6.07, 6.45) is 1.30. The van der Waals surface area contributed by atoms with Crippen molar-refractivity contribution in [1.82, 2.24) is 15.2 Å². The third-order valence-electron chi connectivity index (χ3n) is 8.14. The molecule has 2 aromatic rings. The van der Waals surface area contributed by atoms with E-state index in [2.05, 4.69) is 15.6 Å². The molecule has 0 bridgehead atoms. The standard InChI is InChI=1S/C28H35F2N5O3/c1-34(2)24-9-8-17(15-31-24)26(36)33-22-10-12-28(29,30)14-20(22)27(37)35-13-11-19-23(16-38-3)32-21-7-5-4-6-18(21)25(19)35/h4-9,15,19-20,22-23,25,32H,10-14,16H2,1-3H3,(H,33,36)/t19-,20+,22?,23+,25+/m1/s1. The van der Waals surface area contributed by atoms with E-state index in [9.17, 15) is 18.4 Å². The van der Waals surface area contributed by atoms with Crippen LogP contribution in [0.2, 0.25) is 0 Å². The number of halogens is 2. The first-order valence-corrected chi connectivity index (χ1v) is 13.2. The summed E-state index contributed by atoms with van der Waals surface area (Å²) in [4.78, 5) is 35.0. The van der Waals surface area contributed by atoms with Gasteiger partial charge < -0.3 is 25.2 Å². The molecule has 3 heterocycles. The number of likely N-dealkylation sites (tertiary alicyclic amines) is 1. The second-order valence-corrected chi connectivity index (χ2v) is 10.8. The van der Waals surface area contributed by atoms with Gasteiger partial charge in [0, 0.05) is 64.4 Å². The molecule has 10 heteroatoms. The second-order valence-electron chi connectivity index (χ2n) is 10.8. The monoisotopic (exact) mass is 527 g/mol. The number of fused-ring (bicyclic) bond motifs is 3. The topological polar surface area (TPSA) is 86.8 Å². The molecule has 2 aliphatic heterocycles. The lowest BCUT2D eigenvalue weighted by atomic mass is 9.79. The summed E-state index contributed by atoms with van der Waals surface area (Å²) in [6.45, 7) is 0.960. The zero-order chi connectivity index (χ0) is 27.0. The summed E-state index contributed by atoms with van der Waals surface area (Å²) in [5.74, 6) is -3.91. The predicted octanol–water partition coefficient (Wildman–Crippen LogP) is 3.71. The lowest BCUT2D eigenvalue weighted by Crippen LogP contribution is -2.53. The Morgan fingerprint density at radius 2 is 2.00 bits per heavy atom. The third kappa shape index (κ3) is 5.06. The molecule has 204 valence electrons. The molecule has 2 fully saturated rings. The van der Waals surface area contributed by atoms with Crippen LogP contribution in [0.4, 0.5) is 20.3 Å². The molecule has 1 saturated carbocycles. The van der Waals surface area contributed by atoms with Gasteiger partial charge in [0.25, 0.3) is 5.91 Å². The SMILES string of the molecule is COC[C@@H]1Nc2ccccc2[C@H]2[C@@H]1CCN2C(=O)[C@H]1CC(F)(F)CCC1NC(=O)c1ccc(N(C)C)nc1. The molecule has 5 rings (SSSR count). The quantitative estimate of drug-likeness (QED) is 0.596. The number of carbonyl (C=O) groups excluding carboxylic acids is 2. The first kappa shape index (κ1) is 26.3. The Morgan fingerprint density at radius 1 is 1.21 bits per heavy atom. The zero-order valence-corrected chi connectivity index (χ0v) is 22.0. The maximum Gasteiger partial charge on any atom is 0.253 e. The highest BCUT2D eigenvalue weighted by Gasteiger charge is 2.51. The van der Waals surface area contributed by atoms with Crippen molar-refractivity contribution in [2.75, 3.05) is 44.6 Å². The molecular formula is C28H35F2N5O3. The Labute approximate surface area is 221 Å². The van der Waals surface area contributed by atoms with Gasteiger partial charge in [-0.15, -0.1) is 0 Å². The fourth-order valence-electron chi connectivity index (χ4n) is 6.24. The largest absolute Gasteiger partial charge is 0.383 e. The van der Waals surface area contributed by atoms with Gasteiger partial charge in [-0.3, -0.25) is 9.59 Å². The van der Waals surface area contributed by atoms with Crippen molar-refractivity contribution in [3.8, 4) is 0 Å². The molecule has 1 aliphatic carbocycles. The number of nitrogens with zero attached hydrogens (tertiary/aromatic N) is 3. The van der Waals surface area contributed by atoms with E-state index >= 15 is 0 Å². The molecule has 3 aliphatic rings. The highest BCUT2D eigenvalue weighted by Crippen LogP contribution is 2.48. The van der Waals surface area contributed by atoms with Crippen LogP contribution < -0.4 is 15.5 Å². The minimum Gasteiger partial charge on any atom is -0.383 e. The average Bonchev–Trinajstić information content (AvgIpc) is 3.35. The molecule has 5 atom stereocenters. The molecule has 8 nitrogen and oxygen atoms in total. The van der Waals surface area contributed by atoms with Gasteiger partial charge in [-0.1, -0.05) is 18.2 Å². The first-order chi connectivity index (χ1) is 18.2. The minimum atomic E-state index is -2.96. The van der Waals surface area contributed by atoms with Crippen molar-refractivity contribution in [3.05, 3.63) is 53.7 Å². The van der Waals surface area contributed by atoms with Crippen molar-refractivity contribution in [2.45, 2.75) is 49.7 Å². The third-order valence-corrected chi connectivity index (χ3v) is 8.14. The van der Waals surface area contributed by atoms with Crippen LogP contribution in [0.3, 0.4) is 0 Å².